The minimum atomic E-state index is -1.09. The molecule has 4 N–H and O–H groups in total. The fraction of sp³-hybridized carbons (Fsp3) is 0.478. The molecule has 12 heteroatoms. The van der Waals surface area contributed by atoms with E-state index in [4.69, 9.17) is 9.84 Å². The average molecular weight is 488 g/mol. The highest BCUT2D eigenvalue weighted by molar-refractivity contribution is 6.24. The SMILES string of the molecule is O=C(O)NCCCCCCNC(=O)COc1cccc2c1C(=O)N(C1CCCC(=O)NC1=O)C2=O. The number of benzene rings is 1. The predicted octanol–water partition coefficient (Wildman–Crippen LogP) is 0.801. The lowest BCUT2D eigenvalue weighted by Crippen LogP contribution is -2.49. The Kier molecular flexibility index (Phi) is 8.76. The zero-order chi connectivity index (χ0) is 25.4. The van der Waals surface area contributed by atoms with Crippen LogP contribution in [0.15, 0.2) is 18.2 Å². The summed E-state index contributed by atoms with van der Waals surface area (Å²) in [5.41, 5.74) is 0.0670. The van der Waals surface area contributed by atoms with E-state index in [-0.39, 0.29) is 36.3 Å². The van der Waals surface area contributed by atoms with Crippen LogP contribution < -0.4 is 20.7 Å². The van der Waals surface area contributed by atoms with Crippen molar-refractivity contribution in [3.8, 4) is 5.75 Å². The van der Waals surface area contributed by atoms with E-state index in [9.17, 15) is 28.8 Å². The molecule has 3 rings (SSSR count). The maximum atomic E-state index is 13.1. The number of carbonyl (C=O) groups excluding carboxylic acids is 5. The average Bonchev–Trinajstić information content (AvgIpc) is 2.95. The van der Waals surface area contributed by atoms with E-state index in [1.807, 2.05) is 0 Å². The zero-order valence-corrected chi connectivity index (χ0v) is 19.1. The van der Waals surface area contributed by atoms with Gasteiger partial charge in [-0.2, -0.15) is 0 Å². The number of nitrogens with one attached hydrogen (secondary N) is 3. The lowest BCUT2D eigenvalue weighted by Gasteiger charge is -2.23. The number of hydrogen-bond acceptors (Lipinski definition) is 7. The second-order valence-electron chi connectivity index (χ2n) is 8.26. The first-order chi connectivity index (χ1) is 16.8. The number of carboxylic acid groups (broad SMARTS) is 1. The topological polar surface area (TPSA) is 171 Å². The third-order valence-corrected chi connectivity index (χ3v) is 5.73. The Labute approximate surface area is 201 Å². The highest BCUT2D eigenvalue weighted by Crippen LogP contribution is 2.33. The third-order valence-electron chi connectivity index (χ3n) is 5.73. The number of nitrogens with zero attached hydrogens (tertiary/aromatic N) is 1. The molecule has 1 aromatic rings. The second kappa shape index (κ2) is 12.0. The third kappa shape index (κ3) is 6.55. The lowest BCUT2D eigenvalue weighted by atomic mass is 10.1. The van der Waals surface area contributed by atoms with Gasteiger partial charge in [-0.15, -0.1) is 0 Å². The summed E-state index contributed by atoms with van der Waals surface area (Å²) >= 11 is 0. The Morgan fingerprint density at radius 3 is 2.46 bits per heavy atom. The molecule has 12 nitrogen and oxygen atoms in total. The number of hydrogen-bond donors (Lipinski definition) is 4. The van der Waals surface area contributed by atoms with Crippen LogP contribution in [0.1, 0.15) is 65.7 Å². The van der Waals surface area contributed by atoms with Crippen molar-refractivity contribution in [3.63, 3.8) is 0 Å². The van der Waals surface area contributed by atoms with Crippen LogP contribution in [0.2, 0.25) is 0 Å². The molecule has 1 atom stereocenters. The first kappa shape index (κ1) is 25.7. The van der Waals surface area contributed by atoms with Crippen LogP contribution in [0.25, 0.3) is 0 Å². The molecule has 0 aromatic heterocycles. The van der Waals surface area contributed by atoms with Crippen molar-refractivity contribution < 1.29 is 38.6 Å². The fourth-order valence-corrected chi connectivity index (χ4v) is 4.01. The van der Waals surface area contributed by atoms with Crippen molar-refractivity contribution in [1.29, 1.82) is 0 Å². The standard InChI is InChI=1S/C23H28N4O8/c28-17-10-6-8-15(20(30)26-17)27-21(31)14-7-5-9-16(19(14)22(27)32)35-13-18(29)24-11-3-1-2-4-12-25-23(33)34/h5,7,9,15,25H,1-4,6,8,10-13H2,(H,24,29)(H,33,34)(H,26,28,30). The first-order valence-corrected chi connectivity index (χ1v) is 11.5. The molecular weight excluding hydrogens is 460 g/mol. The van der Waals surface area contributed by atoms with Gasteiger partial charge in [-0.3, -0.25) is 34.2 Å². The van der Waals surface area contributed by atoms with Gasteiger partial charge in [-0.1, -0.05) is 18.9 Å². The molecule has 1 aromatic carbocycles. The monoisotopic (exact) mass is 488 g/mol. The van der Waals surface area contributed by atoms with Crippen LogP contribution in [0.3, 0.4) is 0 Å². The maximum Gasteiger partial charge on any atom is 0.404 e. The molecule has 2 aliphatic heterocycles. The molecule has 2 aliphatic rings. The maximum absolute atomic E-state index is 13.1. The Bertz CT molecular complexity index is 1020. The van der Waals surface area contributed by atoms with Gasteiger partial charge in [-0.25, -0.2) is 4.79 Å². The van der Waals surface area contributed by atoms with Crippen molar-refractivity contribution in [3.05, 3.63) is 29.3 Å². The summed E-state index contributed by atoms with van der Waals surface area (Å²) in [6.07, 6.45) is 2.70. The van der Waals surface area contributed by atoms with Crippen molar-refractivity contribution in [2.24, 2.45) is 0 Å². The Morgan fingerprint density at radius 2 is 1.74 bits per heavy atom. The minimum absolute atomic E-state index is 0.0105. The van der Waals surface area contributed by atoms with Crippen LogP contribution in [0.4, 0.5) is 4.79 Å². The van der Waals surface area contributed by atoms with Crippen LogP contribution in [-0.4, -0.2) is 71.4 Å². The first-order valence-electron chi connectivity index (χ1n) is 11.5. The molecule has 1 saturated heterocycles. The number of fused-ring (bicyclic) bond motifs is 1. The van der Waals surface area contributed by atoms with Gasteiger partial charge in [0.25, 0.3) is 17.7 Å². The lowest BCUT2D eigenvalue weighted by molar-refractivity contribution is -0.131. The van der Waals surface area contributed by atoms with Crippen molar-refractivity contribution in [2.45, 2.75) is 51.0 Å². The normalized spacial score (nSPS) is 17.5. The van der Waals surface area contributed by atoms with E-state index in [2.05, 4.69) is 16.0 Å². The summed E-state index contributed by atoms with van der Waals surface area (Å²) < 4.78 is 5.54. The van der Waals surface area contributed by atoms with E-state index in [1.165, 1.54) is 18.2 Å². The van der Waals surface area contributed by atoms with E-state index in [0.717, 1.165) is 17.7 Å². The molecule has 35 heavy (non-hydrogen) atoms. The summed E-state index contributed by atoms with van der Waals surface area (Å²) in [5, 5.41) is 15.7. The van der Waals surface area contributed by atoms with Crippen molar-refractivity contribution in [1.82, 2.24) is 20.9 Å². The van der Waals surface area contributed by atoms with Gasteiger partial charge >= 0.3 is 6.09 Å². The number of ether oxygens (including phenoxy) is 1. The van der Waals surface area contributed by atoms with E-state index >= 15 is 0 Å². The highest BCUT2D eigenvalue weighted by atomic mass is 16.5. The molecule has 0 bridgehead atoms. The molecule has 6 amide bonds. The van der Waals surface area contributed by atoms with E-state index in [0.29, 0.717) is 32.4 Å². The number of unbranched alkanes of at least 4 members (excludes halogenated alkanes) is 3. The molecule has 0 saturated carbocycles. The van der Waals surface area contributed by atoms with Gasteiger partial charge in [0.15, 0.2) is 6.61 Å². The Hall–Kier alpha value is -3.96. The smallest absolute Gasteiger partial charge is 0.404 e. The summed E-state index contributed by atoms with van der Waals surface area (Å²) in [4.78, 5) is 73.4. The predicted molar refractivity (Wildman–Crippen MR) is 121 cm³/mol. The van der Waals surface area contributed by atoms with Crippen LogP contribution in [-0.2, 0) is 14.4 Å². The minimum Gasteiger partial charge on any atom is -0.483 e. The molecule has 0 aliphatic carbocycles. The number of amides is 6. The van der Waals surface area contributed by atoms with E-state index in [1.54, 1.807) is 0 Å². The van der Waals surface area contributed by atoms with E-state index < -0.39 is 41.7 Å². The molecule has 0 spiro atoms. The highest BCUT2D eigenvalue weighted by Gasteiger charge is 2.45. The largest absolute Gasteiger partial charge is 0.483 e. The van der Waals surface area contributed by atoms with Crippen LogP contribution in [0.5, 0.6) is 5.75 Å². The summed E-state index contributed by atoms with van der Waals surface area (Å²) in [5.74, 6) is -2.82. The zero-order valence-electron chi connectivity index (χ0n) is 19.1. The van der Waals surface area contributed by atoms with Gasteiger partial charge in [0, 0.05) is 19.5 Å². The summed E-state index contributed by atoms with van der Waals surface area (Å²) in [6, 6.07) is 3.36. The summed E-state index contributed by atoms with van der Waals surface area (Å²) in [6.45, 7) is 0.445. The van der Waals surface area contributed by atoms with Gasteiger partial charge in [0.05, 0.1) is 11.1 Å². The Balaban J connectivity index is 1.51. The molecule has 1 fully saturated rings. The Morgan fingerprint density at radius 1 is 1.03 bits per heavy atom. The van der Waals surface area contributed by atoms with Gasteiger partial charge in [0.1, 0.15) is 11.8 Å². The fourth-order valence-electron chi connectivity index (χ4n) is 4.01. The van der Waals surface area contributed by atoms with Gasteiger partial charge in [0.2, 0.25) is 11.8 Å². The molecule has 2 heterocycles. The second-order valence-corrected chi connectivity index (χ2v) is 8.26. The quantitative estimate of drug-likeness (QED) is 0.262. The number of imide groups is 2. The molecule has 188 valence electrons. The van der Waals surface area contributed by atoms with Crippen LogP contribution >= 0.6 is 0 Å². The van der Waals surface area contributed by atoms with Crippen molar-refractivity contribution in [2.75, 3.05) is 19.7 Å². The molecule has 1 unspecified atom stereocenters. The van der Waals surface area contributed by atoms with Gasteiger partial charge in [-0.05, 0) is 37.8 Å². The number of rotatable bonds is 11. The van der Waals surface area contributed by atoms with Gasteiger partial charge < -0.3 is 20.5 Å². The number of carbonyl (C=O) groups is 6. The molecular formula is C23H28N4O8. The van der Waals surface area contributed by atoms with Crippen LogP contribution in [0, 0.1) is 0 Å². The molecule has 0 radical (unpaired) electrons. The summed E-state index contributed by atoms with van der Waals surface area (Å²) in [7, 11) is 0. The van der Waals surface area contributed by atoms with Crippen molar-refractivity contribution >= 4 is 35.6 Å².